The molecule has 2 heterocycles. The molecule has 1 aromatic rings. The van der Waals surface area contributed by atoms with Gasteiger partial charge in [-0.3, -0.25) is 4.68 Å². The van der Waals surface area contributed by atoms with Crippen LogP contribution in [0.2, 0.25) is 0 Å². The van der Waals surface area contributed by atoms with E-state index in [2.05, 4.69) is 32.5 Å². The third kappa shape index (κ3) is 6.61. The van der Waals surface area contributed by atoms with Crippen LogP contribution in [-0.2, 0) is 12.6 Å². The normalized spacial score (nSPS) is 19.3. The van der Waals surface area contributed by atoms with E-state index >= 15 is 0 Å². The van der Waals surface area contributed by atoms with Gasteiger partial charge in [0.1, 0.15) is 5.60 Å². The van der Waals surface area contributed by atoms with Crippen molar-refractivity contribution in [3.05, 3.63) is 18.0 Å². The van der Waals surface area contributed by atoms with Crippen LogP contribution in [0.15, 0.2) is 17.4 Å². The summed E-state index contributed by atoms with van der Waals surface area (Å²) in [6, 6.07) is 0. The van der Waals surface area contributed by atoms with E-state index in [0.717, 1.165) is 43.5 Å². The summed E-state index contributed by atoms with van der Waals surface area (Å²) in [7, 11) is 1.84. The van der Waals surface area contributed by atoms with Gasteiger partial charge in [0.25, 0.3) is 0 Å². The maximum atomic E-state index is 10.7. The van der Waals surface area contributed by atoms with E-state index < -0.39 is 5.60 Å². The molecule has 0 aliphatic carbocycles. The summed E-state index contributed by atoms with van der Waals surface area (Å²) < 4.78 is 1.69. The summed E-state index contributed by atoms with van der Waals surface area (Å²) in [5.41, 5.74) is -0.250. The zero-order valence-corrected chi connectivity index (χ0v) is 16.8. The van der Waals surface area contributed by atoms with Gasteiger partial charge in [-0.15, -0.1) is 0 Å². The number of aliphatic imine (C=N–C) groups is 1. The number of aryl methyl sites for hydroxylation is 1. The predicted octanol–water partition coefficient (Wildman–Crippen LogP) is 1.30. The molecular weight excluding hydrogens is 328 g/mol. The third-order valence-corrected chi connectivity index (χ3v) is 5.04. The highest BCUT2D eigenvalue weighted by Gasteiger charge is 2.24. The topological polar surface area (TPSA) is 77.7 Å². The summed E-state index contributed by atoms with van der Waals surface area (Å²) in [6.07, 6.45) is 7.25. The average molecular weight is 365 g/mol. The minimum Gasteiger partial charge on any atom is -0.383 e. The lowest BCUT2D eigenvalue weighted by Gasteiger charge is -2.30. The molecule has 1 atom stereocenters. The standard InChI is InChI=1S/C19H36N6O/c1-5-20-18(21-9-6-10-25-11-7-16(2)8-12-25)22-15-19(3,26)17-13-23-24(4)14-17/h13-14,16,26H,5-12,15H2,1-4H3,(H2,20,21,22). The molecule has 7 heteroatoms. The van der Waals surface area contributed by atoms with Crippen molar-refractivity contribution in [1.29, 1.82) is 0 Å². The monoisotopic (exact) mass is 364 g/mol. The predicted molar refractivity (Wildman–Crippen MR) is 106 cm³/mol. The molecule has 26 heavy (non-hydrogen) atoms. The molecule has 1 unspecified atom stereocenters. The van der Waals surface area contributed by atoms with E-state index in [1.807, 2.05) is 20.2 Å². The number of hydrogen-bond acceptors (Lipinski definition) is 4. The molecule has 1 aliphatic heterocycles. The number of rotatable bonds is 8. The van der Waals surface area contributed by atoms with E-state index in [9.17, 15) is 5.11 Å². The number of hydrogen-bond donors (Lipinski definition) is 3. The number of guanidine groups is 1. The van der Waals surface area contributed by atoms with Crippen LogP contribution in [0.5, 0.6) is 0 Å². The molecule has 0 bridgehead atoms. The maximum absolute atomic E-state index is 10.7. The first kappa shape index (κ1) is 20.7. The maximum Gasteiger partial charge on any atom is 0.191 e. The highest BCUT2D eigenvalue weighted by atomic mass is 16.3. The zero-order valence-electron chi connectivity index (χ0n) is 16.8. The molecule has 0 aromatic carbocycles. The Kier molecular flexibility index (Phi) is 7.90. The molecule has 3 N–H and O–H groups in total. The molecule has 0 radical (unpaired) electrons. The molecule has 0 saturated carbocycles. The van der Waals surface area contributed by atoms with Gasteiger partial charge in [0.2, 0.25) is 0 Å². The fraction of sp³-hybridized carbons (Fsp3) is 0.789. The molecule has 1 saturated heterocycles. The molecular formula is C19H36N6O. The molecule has 148 valence electrons. The first-order valence-corrected chi connectivity index (χ1v) is 9.86. The second-order valence-corrected chi connectivity index (χ2v) is 7.68. The lowest BCUT2D eigenvalue weighted by atomic mass is 9.99. The molecule has 0 spiro atoms. The van der Waals surface area contributed by atoms with Crippen molar-refractivity contribution in [2.24, 2.45) is 18.0 Å². The quantitative estimate of drug-likeness (QED) is 0.368. The SMILES string of the molecule is CCNC(=NCC(C)(O)c1cnn(C)c1)NCCCN1CCC(C)CC1. The Morgan fingerprint density at radius 2 is 2.12 bits per heavy atom. The first-order chi connectivity index (χ1) is 12.4. The Morgan fingerprint density at radius 1 is 1.38 bits per heavy atom. The van der Waals surface area contributed by atoms with E-state index in [0.29, 0.717) is 0 Å². The van der Waals surface area contributed by atoms with Crippen LogP contribution in [0, 0.1) is 5.92 Å². The molecule has 2 rings (SSSR count). The fourth-order valence-electron chi connectivity index (χ4n) is 3.16. The smallest absolute Gasteiger partial charge is 0.191 e. The second-order valence-electron chi connectivity index (χ2n) is 7.68. The Morgan fingerprint density at radius 3 is 2.73 bits per heavy atom. The van der Waals surface area contributed by atoms with Crippen LogP contribution in [0.3, 0.4) is 0 Å². The van der Waals surface area contributed by atoms with Crippen molar-refractivity contribution in [3.8, 4) is 0 Å². The van der Waals surface area contributed by atoms with Gasteiger partial charge in [0.05, 0.1) is 12.7 Å². The summed E-state index contributed by atoms with van der Waals surface area (Å²) in [4.78, 5) is 7.11. The Balaban J connectivity index is 1.77. The number of likely N-dealkylation sites (tertiary alicyclic amines) is 1. The Hall–Kier alpha value is -1.60. The highest BCUT2D eigenvalue weighted by Crippen LogP contribution is 2.19. The van der Waals surface area contributed by atoms with Crippen molar-refractivity contribution in [3.63, 3.8) is 0 Å². The van der Waals surface area contributed by atoms with Crippen molar-refractivity contribution in [2.75, 3.05) is 39.3 Å². The summed E-state index contributed by atoms with van der Waals surface area (Å²) in [5.74, 6) is 1.63. The van der Waals surface area contributed by atoms with Crippen LogP contribution in [0.25, 0.3) is 0 Å². The van der Waals surface area contributed by atoms with E-state index in [-0.39, 0.29) is 6.54 Å². The molecule has 7 nitrogen and oxygen atoms in total. The van der Waals surface area contributed by atoms with Gasteiger partial charge >= 0.3 is 0 Å². The molecule has 1 fully saturated rings. The summed E-state index contributed by atoms with van der Waals surface area (Å²) in [5, 5.41) is 21.4. The van der Waals surface area contributed by atoms with Crippen LogP contribution in [-0.4, -0.2) is 65.0 Å². The van der Waals surface area contributed by atoms with Gasteiger partial charge in [-0.1, -0.05) is 6.92 Å². The average Bonchev–Trinajstić information content (AvgIpc) is 3.05. The number of nitrogens with zero attached hydrogens (tertiary/aromatic N) is 4. The van der Waals surface area contributed by atoms with Crippen molar-refractivity contribution in [2.45, 2.75) is 45.6 Å². The number of piperidine rings is 1. The van der Waals surface area contributed by atoms with Gasteiger partial charge in [0.15, 0.2) is 5.96 Å². The summed E-state index contributed by atoms with van der Waals surface area (Å²) >= 11 is 0. The summed E-state index contributed by atoms with van der Waals surface area (Å²) in [6.45, 7) is 11.7. The van der Waals surface area contributed by atoms with E-state index in [1.165, 1.54) is 25.9 Å². The van der Waals surface area contributed by atoms with Gasteiger partial charge in [-0.25, -0.2) is 4.99 Å². The highest BCUT2D eigenvalue weighted by molar-refractivity contribution is 5.79. The molecule has 0 amide bonds. The zero-order chi connectivity index (χ0) is 19.0. The van der Waals surface area contributed by atoms with E-state index in [4.69, 9.17) is 0 Å². The number of aromatic nitrogens is 2. The van der Waals surface area contributed by atoms with E-state index in [1.54, 1.807) is 17.8 Å². The van der Waals surface area contributed by atoms with Gasteiger partial charge in [-0.05, 0) is 58.7 Å². The Bertz CT molecular complexity index is 560. The van der Waals surface area contributed by atoms with Crippen LogP contribution >= 0.6 is 0 Å². The molecule has 1 aliphatic rings. The fourth-order valence-corrected chi connectivity index (χ4v) is 3.16. The van der Waals surface area contributed by atoms with Crippen molar-refractivity contribution < 1.29 is 5.11 Å². The first-order valence-electron chi connectivity index (χ1n) is 9.86. The second kappa shape index (κ2) is 9.92. The van der Waals surface area contributed by atoms with Gasteiger partial charge in [-0.2, -0.15) is 5.10 Å². The van der Waals surface area contributed by atoms with Crippen molar-refractivity contribution >= 4 is 5.96 Å². The molecule has 1 aromatic heterocycles. The van der Waals surface area contributed by atoms with Gasteiger partial charge in [0, 0.05) is 31.9 Å². The van der Waals surface area contributed by atoms with Crippen LogP contribution in [0.1, 0.15) is 45.6 Å². The van der Waals surface area contributed by atoms with Gasteiger partial charge < -0.3 is 20.6 Å². The van der Waals surface area contributed by atoms with Crippen molar-refractivity contribution in [1.82, 2.24) is 25.3 Å². The largest absolute Gasteiger partial charge is 0.383 e. The third-order valence-electron chi connectivity index (χ3n) is 5.04. The number of aliphatic hydroxyl groups is 1. The minimum atomic E-state index is -1.03. The lowest BCUT2D eigenvalue weighted by molar-refractivity contribution is 0.0672. The lowest BCUT2D eigenvalue weighted by Crippen LogP contribution is -2.40. The minimum absolute atomic E-state index is 0.290. The van der Waals surface area contributed by atoms with Crippen LogP contribution < -0.4 is 10.6 Å². The van der Waals surface area contributed by atoms with Crippen LogP contribution in [0.4, 0.5) is 0 Å². The Labute approximate surface area is 157 Å². The number of nitrogens with one attached hydrogen (secondary N) is 2.